The number of nitrogens with zero attached hydrogens (tertiary/aromatic N) is 3. The molecule has 4 aliphatic heterocycles. The predicted octanol–water partition coefficient (Wildman–Crippen LogP) is 3.19. The van der Waals surface area contributed by atoms with Gasteiger partial charge in [0.05, 0.1) is 18.8 Å². The van der Waals surface area contributed by atoms with Crippen LogP contribution in [0.25, 0.3) is 0 Å². The molecule has 0 aliphatic carbocycles. The van der Waals surface area contributed by atoms with E-state index < -0.39 is 0 Å². The number of guanidine groups is 1. The zero-order valence-corrected chi connectivity index (χ0v) is 20.1. The molecule has 3 saturated heterocycles. The van der Waals surface area contributed by atoms with Crippen LogP contribution in [0.2, 0.25) is 0 Å². The summed E-state index contributed by atoms with van der Waals surface area (Å²) >= 11 is 1.91. The van der Waals surface area contributed by atoms with Crippen LogP contribution in [0.4, 0.5) is 0 Å². The van der Waals surface area contributed by atoms with Crippen molar-refractivity contribution in [2.24, 2.45) is 16.8 Å². The number of likely N-dealkylation sites (tertiary alicyclic amines) is 1. The predicted molar refractivity (Wildman–Crippen MR) is 126 cm³/mol. The first-order valence-electron chi connectivity index (χ1n) is 10.7. The van der Waals surface area contributed by atoms with Gasteiger partial charge >= 0.3 is 0 Å². The van der Waals surface area contributed by atoms with Gasteiger partial charge < -0.3 is 15.0 Å². The number of ether oxygens (including phenoxy) is 1. The number of rotatable bonds is 4. The van der Waals surface area contributed by atoms with E-state index in [4.69, 9.17) is 9.73 Å². The summed E-state index contributed by atoms with van der Waals surface area (Å²) in [5, 5.41) is 5.79. The van der Waals surface area contributed by atoms with Crippen molar-refractivity contribution >= 4 is 41.3 Å². The minimum absolute atomic E-state index is 0. The molecule has 5 unspecified atom stereocenters. The molecule has 7 heteroatoms. The third-order valence-electron chi connectivity index (χ3n) is 7.05. The minimum atomic E-state index is 0. The standard InChI is InChI=1S/C21H32N4OS.HI/c1-3-22-21(25-12-16-17(13-25)19-5-4-18(16)26-19)23-10-14(2)24-8-6-20-15(11-24)7-9-27-20;/h7,9,14,16-19H,3-6,8,10-13H2,1-2H3,(H,22,23);1H. The van der Waals surface area contributed by atoms with Gasteiger partial charge in [0.1, 0.15) is 0 Å². The lowest BCUT2D eigenvalue weighted by molar-refractivity contribution is 0.0767. The molecule has 5 heterocycles. The van der Waals surface area contributed by atoms with Crippen LogP contribution in [-0.2, 0) is 17.7 Å². The lowest BCUT2D eigenvalue weighted by Gasteiger charge is -2.32. The molecule has 1 N–H and O–H groups in total. The van der Waals surface area contributed by atoms with Gasteiger partial charge in [0.2, 0.25) is 0 Å². The highest BCUT2D eigenvalue weighted by Gasteiger charge is 2.53. The van der Waals surface area contributed by atoms with Gasteiger partial charge in [-0.05, 0) is 50.1 Å². The van der Waals surface area contributed by atoms with E-state index in [-0.39, 0.29) is 24.0 Å². The van der Waals surface area contributed by atoms with Crippen molar-refractivity contribution in [3.63, 3.8) is 0 Å². The average molecular weight is 516 g/mol. The van der Waals surface area contributed by atoms with Crippen LogP contribution >= 0.6 is 35.3 Å². The van der Waals surface area contributed by atoms with Crippen molar-refractivity contribution in [1.82, 2.24) is 15.1 Å². The second-order valence-corrected chi connectivity index (χ2v) is 9.66. The summed E-state index contributed by atoms with van der Waals surface area (Å²) in [6.45, 7) is 10.8. The molecule has 0 amide bonds. The highest BCUT2D eigenvalue weighted by Crippen LogP contribution is 2.47. The molecular weight excluding hydrogens is 483 g/mol. The minimum Gasteiger partial charge on any atom is -0.374 e. The van der Waals surface area contributed by atoms with E-state index in [1.54, 1.807) is 4.88 Å². The first kappa shape index (κ1) is 20.9. The number of aliphatic imine (C=N–C) groups is 1. The molecule has 5 rings (SSSR count). The van der Waals surface area contributed by atoms with Gasteiger partial charge in [-0.1, -0.05) is 0 Å². The second kappa shape index (κ2) is 8.78. The van der Waals surface area contributed by atoms with Gasteiger partial charge in [-0.25, -0.2) is 0 Å². The van der Waals surface area contributed by atoms with Crippen LogP contribution in [-0.4, -0.2) is 66.7 Å². The van der Waals surface area contributed by atoms with Crippen molar-refractivity contribution in [3.8, 4) is 0 Å². The van der Waals surface area contributed by atoms with Gasteiger partial charge in [0, 0.05) is 55.5 Å². The Balaban J connectivity index is 0.00000192. The van der Waals surface area contributed by atoms with E-state index >= 15 is 0 Å². The molecule has 2 bridgehead atoms. The Kier molecular flexibility index (Phi) is 6.54. The maximum absolute atomic E-state index is 6.13. The molecule has 0 aromatic carbocycles. The molecule has 5 nitrogen and oxygen atoms in total. The Labute approximate surface area is 189 Å². The van der Waals surface area contributed by atoms with Crippen LogP contribution in [0.3, 0.4) is 0 Å². The number of nitrogens with one attached hydrogen (secondary N) is 1. The highest BCUT2D eigenvalue weighted by molar-refractivity contribution is 14.0. The first-order chi connectivity index (χ1) is 13.2. The molecule has 4 aliphatic rings. The molecule has 5 atom stereocenters. The van der Waals surface area contributed by atoms with Gasteiger partial charge in [-0.2, -0.15) is 0 Å². The third-order valence-corrected chi connectivity index (χ3v) is 8.08. The Morgan fingerprint density at radius 1 is 1.32 bits per heavy atom. The molecule has 0 saturated carbocycles. The van der Waals surface area contributed by atoms with Gasteiger partial charge in [-0.15, -0.1) is 35.3 Å². The van der Waals surface area contributed by atoms with Gasteiger partial charge in [-0.3, -0.25) is 9.89 Å². The lowest BCUT2D eigenvalue weighted by Crippen LogP contribution is -2.43. The number of fused-ring (bicyclic) bond motifs is 6. The lowest BCUT2D eigenvalue weighted by atomic mass is 9.82. The smallest absolute Gasteiger partial charge is 0.193 e. The van der Waals surface area contributed by atoms with E-state index in [2.05, 4.69) is 40.4 Å². The molecule has 156 valence electrons. The Hall–Kier alpha value is -0.380. The van der Waals surface area contributed by atoms with Crippen molar-refractivity contribution in [2.45, 2.75) is 57.9 Å². The van der Waals surface area contributed by atoms with E-state index in [0.717, 1.165) is 57.1 Å². The largest absolute Gasteiger partial charge is 0.374 e. The number of hydrogen-bond donors (Lipinski definition) is 1. The molecule has 1 aromatic rings. The molecule has 3 fully saturated rings. The average Bonchev–Trinajstić information content (AvgIpc) is 3.45. The van der Waals surface area contributed by atoms with Crippen molar-refractivity contribution in [1.29, 1.82) is 0 Å². The molecule has 0 radical (unpaired) electrons. The zero-order valence-electron chi connectivity index (χ0n) is 17.0. The molecular formula is C21H33IN4OS. The summed E-state index contributed by atoms with van der Waals surface area (Å²) < 4.78 is 6.13. The normalized spacial score (nSPS) is 32.8. The molecule has 0 spiro atoms. The maximum Gasteiger partial charge on any atom is 0.193 e. The van der Waals surface area contributed by atoms with Gasteiger partial charge in [0.25, 0.3) is 0 Å². The quantitative estimate of drug-likeness (QED) is 0.379. The zero-order chi connectivity index (χ0) is 18.4. The summed E-state index contributed by atoms with van der Waals surface area (Å²) in [4.78, 5) is 11.7. The SMILES string of the molecule is CCNC(=NCC(C)N1CCc2sccc2C1)N1CC2C3CCC(O3)C2C1.I. The van der Waals surface area contributed by atoms with E-state index in [0.29, 0.717) is 18.2 Å². The van der Waals surface area contributed by atoms with Gasteiger partial charge in [0.15, 0.2) is 5.96 Å². The number of thiophene rings is 1. The third kappa shape index (κ3) is 3.84. The Morgan fingerprint density at radius 3 is 2.79 bits per heavy atom. The summed E-state index contributed by atoms with van der Waals surface area (Å²) in [6, 6.07) is 2.78. The van der Waals surface area contributed by atoms with E-state index in [1.807, 2.05) is 11.3 Å². The summed E-state index contributed by atoms with van der Waals surface area (Å²) in [5.74, 6) is 2.57. The fourth-order valence-electron chi connectivity index (χ4n) is 5.54. The number of hydrogen-bond acceptors (Lipinski definition) is 4. The van der Waals surface area contributed by atoms with E-state index in [1.165, 1.54) is 24.8 Å². The van der Waals surface area contributed by atoms with Crippen LogP contribution < -0.4 is 5.32 Å². The Morgan fingerprint density at radius 2 is 2.07 bits per heavy atom. The monoisotopic (exact) mass is 516 g/mol. The fraction of sp³-hybridized carbons (Fsp3) is 0.762. The Bertz CT molecular complexity index is 692. The second-order valence-electron chi connectivity index (χ2n) is 8.66. The van der Waals surface area contributed by atoms with Crippen molar-refractivity contribution < 1.29 is 4.74 Å². The highest BCUT2D eigenvalue weighted by atomic mass is 127. The van der Waals surface area contributed by atoms with Crippen LogP contribution in [0, 0.1) is 11.8 Å². The fourth-order valence-corrected chi connectivity index (χ4v) is 6.43. The maximum atomic E-state index is 6.13. The topological polar surface area (TPSA) is 40.1 Å². The first-order valence-corrected chi connectivity index (χ1v) is 11.6. The number of halogens is 1. The summed E-state index contributed by atoms with van der Waals surface area (Å²) in [6.07, 6.45) is 4.76. The van der Waals surface area contributed by atoms with Crippen LogP contribution in [0.5, 0.6) is 0 Å². The van der Waals surface area contributed by atoms with Crippen LogP contribution in [0.15, 0.2) is 16.4 Å². The molecule has 28 heavy (non-hydrogen) atoms. The van der Waals surface area contributed by atoms with E-state index in [9.17, 15) is 0 Å². The van der Waals surface area contributed by atoms with Crippen molar-refractivity contribution in [3.05, 3.63) is 21.9 Å². The molecule has 1 aromatic heterocycles. The summed E-state index contributed by atoms with van der Waals surface area (Å²) in [5.41, 5.74) is 1.52. The van der Waals surface area contributed by atoms with Crippen molar-refractivity contribution in [2.75, 3.05) is 32.7 Å². The van der Waals surface area contributed by atoms with Crippen LogP contribution in [0.1, 0.15) is 37.1 Å². The summed E-state index contributed by atoms with van der Waals surface area (Å²) in [7, 11) is 0.